The number of hydrogen-bond donors (Lipinski definition) is 2. The van der Waals surface area contributed by atoms with E-state index >= 15 is 0 Å². The molecular formula is C12H17NO3S. The summed E-state index contributed by atoms with van der Waals surface area (Å²) in [5.41, 5.74) is 6.66. The van der Waals surface area contributed by atoms with Gasteiger partial charge in [0.25, 0.3) is 0 Å². The number of para-hydroxylation sites is 1. The van der Waals surface area contributed by atoms with Gasteiger partial charge in [0.1, 0.15) is 6.10 Å². The number of aliphatic hydroxyl groups excluding tert-OH is 1. The summed E-state index contributed by atoms with van der Waals surface area (Å²) in [7, 11) is 1.60. The molecule has 5 heteroatoms. The van der Waals surface area contributed by atoms with Crippen molar-refractivity contribution < 1.29 is 14.6 Å². The maximum atomic E-state index is 9.16. The van der Waals surface area contributed by atoms with Gasteiger partial charge in [-0.25, -0.2) is 0 Å². The second-order valence-electron chi connectivity index (χ2n) is 3.95. The summed E-state index contributed by atoms with van der Waals surface area (Å²) in [5.74, 6) is 3.32. The summed E-state index contributed by atoms with van der Waals surface area (Å²) in [4.78, 5) is 0. The van der Waals surface area contributed by atoms with Crippen molar-refractivity contribution in [1.82, 2.24) is 0 Å². The summed E-state index contributed by atoms with van der Waals surface area (Å²) in [6, 6.07) is 5.12. The Kier molecular flexibility index (Phi) is 4.15. The lowest BCUT2D eigenvalue weighted by Gasteiger charge is -2.28. The molecule has 3 N–H and O–H groups in total. The second kappa shape index (κ2) is 5.62. The fourth-order valence-corrected chi connectivity index (χ4v) is 2.22. The van der Waals surface area contributed by atoms with E-state index in [9.17, 15) is 0 Å². The zero-order valence-corrected chi connectivity index (χ0v) is 10.6. The number of benzene rings is 1. The number of ether oxygens (including phenoxy) is 2. The van der Waals surface area contributed by atoms with Crippen LogP contribution in [0.25, 0.3) is 0 Å². The standard InChI is InChI=1S/C12H17NO3S/c1-15-11-4-2-3-9(10(13)5-14)12(11)16-8-6-17-7-8/h2-4,8,10,14H,5-7,13H2,1H3. The molecular weight excluding hydrogens is 238 g/mol. The summed E-state index contributed by atoms with van der Waals surface area (Å²) < 4.78 is 11.2. The van der Waals surface area contributed by atoms with E-state index < -0.39 is 6.04 Å². The molecule has 1 saturated heterocycles. The molecule has 1 aliphatic rings. The van der Waals surface area contributed by atoms with E-state index in [1.54, 1.807) is 7.11 Å². The first-order valence-electron chi connectivity index (χ1n) is 5.54. The number of methoxy groups -OCH3 is 1. The minimum atomic E-state index is -0.437. The minimum absolute atomic E-state index is 0.108. The van der Waals surface area contributed by atoms with Crippen molar-refractivity contribution in [3.63, 3.8) is 0 Å². The summed E-state index contributed by atoms with van der Waals surface area (Å²) in [6.45, 7) is -0.108. The highest BCUT2D eigenvalue weighted by atomic mass is 32.2. The first-order valence-corrected chi connectivity index (χ1v) is 6.69. The van der Waals surface area contributed by atoms with Gasteiger partial charge in [-0.2, -0.15) is 11.8 Å². The SMILES string of the molecule is COc1cccc(C(N)CO)c1OC1CSC1. The Morgan fingerprint density at radius 3 is 2.82 bits per heavy atom. The fraction of sp³-hybridized carbons (Fsp3) is 0.500. The van der Waals surface area contributed by atoms with Crippen molar-refractivity contribution in [2.24, 2.45) is 5.73 Å². The smallest absolute Gasteiger partial charge is 0.166 e. The topological polar surface area (TPSA) is 64.7 Å². The molecule has 1 aromatic carbocycles. The van der Waals surface area contributed by atoms with E-state index in [-0.39, 0.29) is 12.7 Å². The Balaban J connectivity index is 2.28. The Morgan fingerprint density at radius 1 is 1.53 bits per heavy atom. The molecule has 0 aromatic heterocycles. The van der Waals surface area contributed by atoms with Crippen LogP contribution in [0.2, 0.25) is 0 Å². The van der Waals surface area contributed by atoms with Crippen LogP contribution in [-0.2, 0) is 0 Å². The van der Waals surface area contributed by atoms with E-state index in [2.05, 4.69) is 0 Å². The number of nitrogens with two attached hydrogens (primary N) is 1. The number of hydrogen-bond acceptors (Lipinski definition) is 5. The third-order valence-electron chi connectivity index (χ3n) is 2.72. The molecule has 0 bridgehead atoms. The van der Waals surface area contributed by atoms with E-state index in [4.69, 9.17) is 20.3 Å². The lowest BCUT2D eigenvalue weighted by atomic mass is 10.1. The Morgan fingerprint density at radius 2 is 2.29 bits per heavy atom. The summed E-state index contributed by atoms with van der Waals surface area (Å²) >= 11 is 1.85. The molecule has 0 amide bonds. The highest BCUT2D eigenvalue weighted by molar-refractivity contribution is 8.00. The monoisotopic (exact) mass is 255 g/mol. The van der Waals surface area contributed by atoms with Crippen LogP contribution in [0.3, 0.4) is 0 Å². The van der Waals surface area contributed by atoms with Gasteiger partial charge in [0.15, 0.2) is 11.5 Å². The Bertz CT molecular complexity index is 382. The average Bonchev–Trinajstić information content (AvgIpc) is 2.32. The quantitative estimate of drug-likeness (QED) is 0.827. The average molecular weight is 255 g/mol. The summed E-state index contributed by atoms with van der Waals surface area (Å²) in [5, 5.41) is 9.16. The van der Waals surface area contributed by atoms with E-state index in [0.717, 1.165) is 17.1 Å². The van der Waals surface area contributed by atoms with Gasteiger partial charge in [0, 0.05) is 17.1 Å². The zero-order chi connectivity index (χ0) is 12.3. The van der Waals surface area contributed by atoms with Gasteiger partial charge in [-0.3, -0.25) is 0 Å². The van der Waals surface area contributed by atoms with Crippen LogP contribution in [0.1, 0.15) is 11.6 Å². The zero-order valence-electron chi connectivity index (χ0n) is 9.76. The molecule has 4 nitrogen and oxygen atoms in total. The van der Waals surface area contributed by atoms with Gasteiger partial charge in [-0.15, -0.1) is 0 Å². The van der Waals surface area contributed by atoms with Crippen molar-refractivity contribution in [3.8, 4) is 11.5 Å². The van der Waals surface area contributed by atoms with E-state index in [1.165, 1.54) is 0 Å². The molecule has 0 aliphatic carbocycles. The van der Waals surface area contributed by atoms with E-state index in [1.807, 2.05) is 30.0 Å². The molecule has 1 atom stereocenters. The third-order valence-corrected chi connectivity index (χ3v) is 3.93. The molecule has 1 heterocycles. The molecule has 1 aromatic rings. The van der Waals surface area contributed by atoms with Gasteiger partial charge >= 0.3 is 0 Å². The van der Waals surface area contributed by atoms with Crippen LogP contribution in [-0.4, -0.2) is 36.4 Å². The largest absolute Gasteiger partial charge is 0.493 e. The first-order chi connectivity index (χ1) is 8.26. The van der Waals surface area contributed by atoms with Crippen molar-refractivity contribution in [3.05, 3.63) is 23.8 Å². The Labute approximate surface area is 105 Å². The molecule has 94 valence electrons. The lowest BCUT2D eigenvalue weighted by molar-refractivity contribution is 0.218. The van der Waals surface area contributed by atoms with Crippen molar-refractivity contribution in [1.29, 1.82) is 0 Å². The Hall–Kier alpha value is -0.910. The van der Waals surface area contributed by atoms with Crippen molar-refractivity contribution in [2.75, 3.05) is 25.2 Å². The van der Waals surface area contributed by atoms with Crippen LogP contribution in [0.4, 0.5) is 0 Å². The molecule has 1 fully saturated rings. The van der Waals surface area contributed by atoms with Gasteiger partial charge in [0.05, 0.1) is 19.8 Å². The van der Waals surface area contributed by atoms with Crippen LogP contribution in [0.15, 0.2) is 18.2 Å². The number of rotatable bonds is 5. The maximum absolute atomic E-state index is 9.16. The van der Waals surface area contributed by atoms with Crippen molar-refractivity contribution >= 4 is 11.8 Å². The minimum Gasteiger partial charge on any atom is -0.493 e. The molecule has 0 saturated carbocycles. The van der Waals surface area contributed by atoms with Crippen LogP contribution < -0.4 is 15.2 Å². The first kappa shape index (κ1) is 12.5. The molecule has 0 radical (unpaired) electrons. The number of aliphatic hydroxyl groups is 1. The van der Waals surface area contributed by atoms with Gasteiger partial charge in [-0.05, 0) is 6.07 Å². The predicted molar refractivity (Wildman–Crippen MR) is 68.7 cm³/mol. The lowest BCUT2D eigenvalue weighted by Crippen LogP contribution is -2.32. The van der Waals surface area contributed by atoms with Crippen LogP contribution in [0.5, 0.6) is 11.5 Å². The predicted octanol–water partition coefficient (Wildman–Crippen LogP) is 1.18. The van der Waals surface area contributed by atoms with Crippen LogP contribution >= 0.6 is 11.8 Å². The molecule has 2 rings (SSSR count). The van der Waals surface area contributed by atoms with Crippen LogP contribution in [0, 0.1) is 0 Å². The normalized spacial score (nSPS) is 17.4. The fourth-order valence-electron chi connectivity index (χ4n) is 1.66. The molecule has 1 unspecified atom stereocenters. The van der Waals surface area contributed by atoms with Gasteiger partial charge in [-0.1, -0.05) is 12.1 Å². The second-order valence-corrected chi connectivity index (χ2v) is 5.02. The molecule has 17 heavy (non-hydrogen) atoms. The molecule has 0 spiro atoms. The van der Waals surface area contributed by atoms with E-state index in [0.29, 0.717) is 11.5 Å². The van der Waals surface area contributed by atoms with Crippen molar-refractivity contribution in [2.45, 2.75) is 12.1 Å². The third kappa shape index (κ3) is 2.68. The highest BCUT2D eigenvalue weighted by Gasteiger charge is 2.24. The summed E-state index contributed by atoms with van der Waals surface area (Å²) in [6.07, 6.45) is 0.223. The van der Waals surface area contributed by atoms with Gasteiger partial charge in [0.2, 0.25) is 0 Å². The molecule has 1 aliphatic heterocycles. The van der Waals surface area contributed by atoms with Gasteiger partial charge < -0.3 is 20.3 Å². The highest BCUT2D eigenvalue weighted by Crippen LogP contribution is 2.36. The maximum Gasteiger partial charge on any atom is 0.166 e. The number of thioether (sulfide) groups is 1.